The monoisotopic (exact) mass is 446 g/mol. The molecule has 8 heteroatoms. The van der Waals surface area contributed by atoms with Crippen LogP contribution in [-0.2, 0) is 0 Å². The molecule has 146 valence electrons. The van der Waals surface area contributed by atoms with Gasteiger partial charge in [0, 0.05) is 10.6 Å². The molecule has 0 saturated heterocycles. The molecule has 29 heavy (non-hydrogen) atoms. The molecule has 0 aliphatic heterocycles. The molecule has 3 rings (SSSR count). The summed E-state index contributed by atoms with van der Waals surface area (Å²) in [5, 5.41) is 4.99. The second-order valence-electron chi connectivity index (χ2n) is 5.80. The highest BCUT2D eigenvalue weighted by molar-refractivity contribution is 6.42. The Hall–Kier alpha value is -2.86. The van der Waals surface area contributed by atoms with E-state index in [1.165, 1.54) is 24.4 Å². The lowest BCUT2D eigenvalue weighted by Crippen LogP contribution is -2.17. The fraction of sp³-hybridized carbons (Fsp3) is 0. The first-order chi connectivity index (χ1) is 13.9. The topological polar surface area (TPSA) is 67.8 Å². The molecule has 1 amide bonds. The van der Waals surface area contributed by atoms with Crippen LogP contribution in [0.4, 0.5) is 0 Å². The van der Waals surface area contributed by atoms with Crippen molar-refractivity contribution in [3.63, 3.8) is 0 Å². The van der Waals surface area contributed by atoms with E-state index in [4.69, 9.17) is 39.5 Å². The van der Waals surface area contributed by atoms with E-state index in [0.29, 0.717) is 26.9 Å². The first kappa shape index (κ1) is 20.9. The molecule has 3 aromatic rings. The zero-order chi connectivity index (χ0) is 20.8. The van der Waals surface area contributed by atoms with Gasteiger partial charge in [-0.2, -0.15) is 5.10 Å². The number of hydrogen-bond donors (Lipinski definition) is 1. The summed E-state index contributed by atoms with van der Waals surface area (Å²) in [4.78, 5) is 24.1. The molecular weight excluding hydrogens is 435 g/mol. The third-order valence-electron chi connectivity index (χ3n) is 3.71. The standard InChI is InChI=1S/C21H13Cl3N2O3/c22-16-3-1-2-14(10-16)20(27)26-25-12-13-4-7-17(8-5-13)29-21(28)15-6-9-18(23)19(24)11-15/h1-12H,(H,26,27)/b25-12-. The number of benzene rings is 3. The molecule has 0 unspecified atom stereocenters. The summed E-state index contributed by atoms with van der Waals surface area (Å²) in [5.74, 6) is -0.587. The van der Waals surface area contributed by atoms with Crippen LogP contribution in [0, 0.1) is 0 Å². The first-order valence-corrected chi connectivity index (χ1v) is 9.42. The van der Waals surface area contributed by atoms with Gasteiger partial charge in [0.15, 0.2) is 0 Å². The van der Waals surface area contributed by atoms with Crippen molar-refractivity contribution in [2.24, 2.45) is 5.10 Å². The Labute approximate surface area is 181 Å². The predicted molar refractivity (Wildman–Crippen MR) is 114 cm³/mol. The van der Waals surface area contributed by atoms with Crippen LogP contribution >= 0.6 is 34.8 Å². The van der Waals surface area contributed by atoms with Crippen molar-refractivity contribution in [2.75, 3.05) is 0 Å². The van der Waals surface area contributed by atoms with Crippen LogP contribution in [0.5, 0.6) is 5.75 Å². The number of esters is 1. The van der Waals surface area contributed by atoms with E-state index in [1.807, 2.05) is 0 Å². The lowest BCUT2D eigenvalue weighted by Gasteiger charge is -2.05. The third-order valence-corrected chi connectivity index (χ3v) is 4.69. The van der Waals surface area contributed by atoms with Crippen molar-refractivity contribution in [3.05, 3.63) is 98.5 Å². The lowest BCUT2D eigenvalue weighted by molar-refractivity contribution is 0.0734. The number of rotatable bonds is 5. The fourth-order valence-electron chi connectivity index (χ4n) is 2.27. The minimum atomic E-state index is -0.557. The maximum Gasteiger partial charge on any atom is 0.343 e. The van der Waals surface area contributed by atoms with Crippen molar-refractivity contribution < 1.29 is 14.3 Å². The Kier molecular flexibility index (Phi) is 6.88. The predicted octanol–water partition coefficient (Wildman–Crippen LogP) is 5.63. The number of hydrazone groups is 1. The average molecular weight is 448 g/mol. The molecular formula is C21H13Cl3N2O3. The van der Waals surface area contributed by atoms with Gasteiger partial charge in [-0.3, -0.25) is 4.79 Å². The summed E-state index contributed by atoms with van der Waals surface area (Å²) in [6.07, 6.45) is 1.47. The molecule has 1 N–H and O–H groups in total. The van der Waals surface area contributed by atoms with E-state index < -0.39 is 5.97 Å². The largest absolute Gasteiger partial charge is 0.423 e. The normalized spacial score (nSPS) is 10.7. The van der Waals surface area contributed by atoms with Crippen LogP contribution in [0.2, 0.25) is 15.1 Å². The summed E-state index contributed by atoms with van der Waals surface area (Å²) >= 11 is 17.6. The molecule has 3 aromatic carbocycles. The van der Waals surface area contributed by atoms with E-state index in [-0.39, 0.29) is 16.5 Å². The number of nitrogens with zero attached hydrogens (tertiary/aromatic N) is 1. The molecule has 0 atom stereocenters. The minimum absolute atomic E-state index is 0.271. The summed E-state index contributed by atoms with van der Waals surface area (Å²) < 4.78 is 5.29. The minimum Gasteiger partial charge on any atom is -0.423 e. The van der Waals surface area contributed by atoms with Gasteiger partial charge in [-0.1, -0.05) is 40.9 Å². The van der Waals surface area contributed by atoms with Crippen molar-refractivity contribution in [2.45, 2.75) is 0 Å². The maximum atomic E-state index is 12.2. The second-order valence-corrected chi connectivity index (χ2v) is 7.05. The van der Waals surface area contributed by atoms with E-state index >= 15 is 0 Å². The van der Waals surface area contributed by atoms with Crippen LogP contribution in [0.3, 0.4) is 0 Å². The Morgan fingerprint density at radius 1 is 0.862 bits per heavy atom. The van der Waals surface area contributed by atoms with E-state index in [1.54, 1.807) is 48.5 Å². The van der Waals surface area contributed by atoms with Gasteiger partial charge >= 0.3 is 5.97 Å². The Morgan fingerprint density at radius 2 is 1.62 bits per heavy atom. The number of halogens is 3. The SMILES string of the molecule is O=C(N/N=C\c1ccc(OC(=O)c2ccc(Cl)c(Cl)c2)cc1)c1cccc(Cl)c1. The number of amides is 1. The Balaban J connectivity index is 1.58. The smallest absolute Gasteiger partial charge is 0.343 e. The van der Waals surface area contributed by atoms with Crippen LogP contribution in [0.1, 0.15) is 26.3 Å². The average Bonchev–Trinajstić information content (AvgIpc) is 2.71. The fourth-order valence-corrected chi connectivity index (χ4v) is 2.76. The van der Waals surface area contributed by atoms with Gasteiger partial charge < -0.3 is 4.74 Å². The molecule has 0 aliphatic rings. The third kappa shape index (κ3) is 5.81. The molecule has 0 aliphatic carbocycles. The van der Waals surface area contributed by atoms with Gasteiger partial charge in [-0.15, -0.1) is 0 Å². The van der Waals surface area contributed by atoms with Gasteiger partial charge in [0.2, 0.25) is 0 Å². The highest BCUT2D eigenvalue weighted by atomic mass is 35.5. The zero-order valence-corrected chi connectivity index (χ0v) is 17.0. The molecule has 0 spiro atoms. The van der Waals surface area contributed by atoms with Gasteiger partial charge in [-0.25, -0.2) is 10.2 Å². The number of hydrogen-bond acceptors (Lipinski definition) is 4. The highest BCUT2D eigenvalue weighted by Gasteiger charge is 2.10. The van der Waals surface area contributed by atoms with Crippen LogP contribution in [0.25, 0.3) is 0 Å². The number of nitrogens with one attached hydrogen (secondary N) is 1. The first-order valence-electron chi connectivity index (χ1n) is 8.28. The molecule has 0 saturated carbocycles. The molecule has 0 bridgehead atoms. The summed E-state index contributed by atoms with van der Waals surface area (Å²) in [6.45, 7) is 0. The molecule has 0 heterocycles. The van der Waals surface area contributed by atoms with Gasteiger partial charge in [-0.05, 0) is 66.2 Å². The van der Waals surface area contributed by atoms with Crippen molar-refractivity contribution >= 4 is 52.9 Å². The summed E-state index contributed by atoms with van der Waals surface area (Å²) in [6, 6.07) is 17.6. The second kappa shape index (κ2) is 9.56. The highest BCUT2D eigenvalue weighted by Crippen LogP contribution is 2.23. The lowest BCUT2D eigenvalue weighted by atomic mass is 10.2. The molecule has 0 radical (unpaired) electrons. The number of carbonyl (C=O) groups is 2. The van der Waals surface area contributed by atoms with Crippen molar-refractivity contribution in [3.8, 4) is 5.75 Å². The van der Waals surface area contributed by atoms with Gasteiger partial charge in [0.25, 0.3) is 5.91 Å². The quantitative estimate of drug-likeness (QED) is 0.238. The molecule has 5 nitrogen and oxygen atoms in total. The Morgan fingerprint density at radius 3 is 2.31 bits per heavy atom. The van der Waals surface area contributed by atoms with Crippen LogP contribution in [-0.4, -0.2) is 18.1 Å². The zero-order valence-electron chi connectivity index (χ0n) is 14.7. The van der Waals surface area contributed by atoms with Crippen molar-refractivity contribution in [1.29, 1.82) is 0 Å². The van der Waals surface area contributed by atoms with Crippen LogP contribution < -0.4 is 10.2 Å². The van der Waals surface area contributed by atoms with Crippen molar-refractivity contribution in [1.82, 2.24) is 5.43 Å². The number of carbonyl (C=O) groups excluding carboxylic acids is 2. The van der Waals surface area contributed by atoms with E-state index in [2.05, 4.69) is 10.5 Å². The summed E-state index contributed by atoms with van der Waals surface area (Å²) in [5.41, 5.74) is 3.80. The van der Waals surface area contributed by atoms with Gasteiger partial charge in [0.1, 0.15) is 5.75 Å². The molecule has 0 fully saturated rings. The maximum absolute atomic E-state index is 12.2. The van der Waals surface area contributed by atoms with E-state index in [0.717, 1.165) is 0 Å². The van der Waals surface area contributed by atoms with E-state index in [9.17, 15) is 9.59 Å². The summed E-state index contributed by atoms with van der Waals surface area (Å²) in [7, 11) is 0. The van der Waals surface area contributed by atoms with Crippen LogP contribution in [0.15, 0.2) is 71.8 Å². The number of ether oxygens (including phenoxy) is 1. The molecule has 0 aromatic heterocycles. The van der Waals surface area contributed by atoms with Gasteiger partial charge in [0.05, 0.1) is 21.8 Å². The Bertz CT molecular complexity index is 1080.